The normalized spacial score (nSPS) is 10.4. The van der Waals surface area contributed by atoms with Crippen molar-refractivity contribution in [2.24, 2.45) is 0 Å². The fraction of sp³-hybridized carbons (Fsp3) is 0.182. The average molecular weight is 191 g/mol. The van der Waals surface area contributed by atoms with Crippen LogP contribution >= 0.6 is 0 Å². The number of allylic oxidation sites excluding steroid dienone is 1. The highest BCUT2D eigenvalue weighted by molar-refractivity contribution is 5.94. The Kier molecular flexibility index (Phi) is 3.73. The van der Waals surface area contributed by atoms with E-state index in [4.69, 9.17) is 5.11 Å². The lowest BCUT2D eigenvalue weighted by atomic mass is 10.2. The first-order valence-corrected chi connectivity index (χ1v) is 4.43. The molecule has 0 radical (unpaired) electrons. The Hall–Kier alpha value is -1.77. The molecule has 0 atom stereocenters. The van der Waals surface area contributed by atoms with Crippen molar-refractivity contribution < 1.29 is 9.90 Å². The van der Waals surface area contributed by atoms with E-state index in [2.05, 4.69) is 5.32 Å². The molecule has 1 aromatic rings. The van der Waals surface area contributed by atoms with Crippen LogP contribution in [0, 0.1) is 0 Å². The highest BCUT2D eigenvalue weighted by Gasteiger charge is 2.06. The molecule has 0 saturated heterocycles. The van der Waals surface area contributed by atoms with Crippen LogP contribution in [-0.4, -0.2) is 17.6 Å². The van der Waals surface area contributed by atoms with Crippen molar-refractivity contribution >= 4 is 11.7 Å². The molecular formula is C11H13NO2. The van der Waals surface area contributed by atoms with Gasteiger partial charge in [-0.25, -0.2) is 4.79 Å². The van der Waals surface area contributed by atoms with Gasteiger partial charge in [-0.1, -0.05) is 24.3 Å². The second-order valence-corrected chi connectivity index (χ2v) is 2.80. The number of hydrogen-bond acceptors (Lipinski definition) is 2. The number of benzene rings is 1. The number of carboxylic acids is 1. The number of carboxylic acid groups (broad SMARTS) is 1. The molecule has 0 amide bonds. The third-order valence-corrected chi connectivity index (χ3v) is 1.80. The summed E-state index contributed by atoms with van der Waals surface area (Å²) in [5.41, 5.74) is 0.954. The van der Waals surface area contributed by atoms with E-state index in [0.29, 0.717) is 17.8 Å². The maximum Gasteiger partial charge on any atom is 0.337 e. The van der Waals surface area contributed by atoms with Crippen LogP contribution in [0.3, 0.4) is 0 Å². The van der Waals surface area contributed by atoms with Gasteiger partial charge < -0.3 is 10.4 Å². The summed E-state index contributed by atoms with van der Waals surface area (Å²) in [7, 11) is 0. The molecule has 0 saturated carbocycles. The van der Waals surface area contributed by atoms with Gasteiger partial charge >= 0.3 is 5.97 Å². The lowest BCUT2D eigenvalue weighted by molar-refractivity contribution is 0.0698. The molecule has 0 fully saturated rings. The fourth-order valence-corrected chi connectivity index (χ4v) is 1.11. The van der Waals surface area contributed by atoms with E-state index in [-0.39, 0.29) is 0 Å². The van der Waals surface area contributed by atoms with Gasteiger partial charge in [-0.15, -0.1) is 0 Å². The van der Waals surface area contributed by atoms with Crippen molar-refractivity contribution in [1.82, 2.24) is 0 Å². The van der Waals surface area contributed by atoms with Crippen LogP contribution in [0.15, 0.2) is 36.4 Å². The maximum absolute atomic E-state index is 10.8. The monoisotopic (exact) mass is 191 g/mol. The molecule has 0 spiro atoms. The van der Waals surface area contributed by atoms with E-state index in [1.54, 1.807) is 18.2 Å². The summed E-state index contributed by atoms with van der Waals surface area (Å²) in [6.07, 6.45) is 3.84. The van der Waals surface area contributed by atoms with Crippen LogP contribution in [0.25, 0.3) is 0 Å². The van der Waals surface area contributed by atoms with Crippen LogP contribution in [0.5, 0.6) is 0 Å². The molecule has 0 aromatic heterocycles. The number of anilines is 1. The van der Waals surface area contributed by atoms with Crippen LogP contribution in [-0.2, 0) is 0 Å². The van der Waals surface area contributed by atoms with Crippen LogP contribution in [0.1, 0.15) is 17.3 Å². The smallest absolute Gasteiger partial charge is 0.337 e. The van der Waals surface area contributed by atoms with Crippen molar-refractivity contribution in [2.45, 2.75) is 6.92 Å². The molecule has 0 aliphatic heterocycles. The lowest BCUT2D eigenvalue weighted by Crippen LogP contribution is -2.05. The summed E-state index contributed by atoms with van der Waals surface area (Å²) in [5.74, 6) is -0.909. The first-order valence-electron chi connectivity index (χ1n) is 4.43. The first kappa shape index (κ1) is 10.3. The highest BCUT2D eigenvalue weighted by Crippen LogP contribution is 2.14. The SMILES string of the molecule is C/C=C/CNc1ccccc1C(=O)O. The Labute approximate surface area is 83.1 Å². The molecule has 0 bridgehead atoms. The molecule has 1 aromatic carbocycles. The summed E-state index contributed by atoms with van der Waals surface area (Å²) in [5, 5.41) is 11.9. The molecule has 0 unspecified atom stereocenters. The fourth-order valence-electron chi connectivity index (χ4n) is 1.11. The average Bonchev–Trinajstić information content (AvgIpc) is 2.19. The zero-order chi connectivity index (χ0) is 10.4. The summed E-state index contributed by atoms with van der Waals surface area (Å²) < 4.78 is 0. The Balaban J connectivity index is 2.79. The van der Waals surface area contributed by atoms with E-state index >= 15 is 0 Å². The predicted molar refractivity (Wildman–Crippen MR) is 56.7 cm³/mol. The van der Waals surface area contributed by atoms with Gasteiger partial charge in [-0.2, -0.15) is 0 Å². The largest absolute Gasteiger partial charge is 0.478 e. The number of rotatable bonds is 4. The maximum atomic E-state index is 10.8. The molecule has 3 nitrogen and oxygen atoms in total. The van der Waals surface area contributed by atoms with Gasteiger partial charge in [0.2, 0.25) is 0 Å². The minimum absolute atomic E-state index is 0.303. The first-order chi connectivity index (χ1) is 6.75. The van der Waals surface area contributed by atoms with Gasteiger partial charge in [-0.05, 0) is 19.1 Å². The van der Waals surface area contributed by atoms with E-state index in [9.17, 15) is 4.79 Å². The van der Waals surface area contributed by atoms with Gasteiger partial charge in [-0.3, -0.25) is 0 Å². The summed E-state index contributed by atoms with van der Waals surface area (Å²) in [6, 6.07) is 6.86. The Morgan fingerprint density at radius 3 is 2.86 bits per heavy atom. The molecule has 0 heterocycles. The summed E-state index contributed by atoms with van der Waals surface area (Å²) >= 11 is 0. The number of aromatic carboxylic acids is 1. The minimum atomic E-state index is -0.909. The minimum Gasteiger partial charge on any atom is -0.478 e. The molecule has 14 heavy (non-hydrogen) atoms. The van der Waals surface area contributed by atoms with Crippen molar-refractivity contribution in [2.75, 3.05) is 11.9 Å². The van der Waals surface area contributed by atoms with E-state index in [1.807, 2.05) is 25.1 Å². The molecule has 74 valence electrons. The number of hydrogen-bond donors (Lipinski definition) is 2. The van der Waals surface area contributed by atoms with Crippen LogP contribution in [0.2, 0.25) is 0 Å². The van der Waals surface area contributed by atoms with Crippen molar-refractivity contribution in [3.05, 3.63) is 42.0 Å². The molecule has 0 aliphatic rings. The zero-order valence-corrected chi connectivity index (χ0v) is 8.03. The third kappa shape index (κ3) is 2.62. The van der Waals surface area contributed by atoms with E-state index < -0.39 is 5.97 Å². The molecule has 3 heteroatoms. The topological polar surface area (TPSA) is 49.3 Å². The zero-order valence-electron chi connectivity index (χ0n) is 8.03. The second kappa shape index (κ2) is 5.07. The standard InChI is InChI=1S/C11H13NO2/c1-2-3-8-12-10-7-5-4-6-9(10)11(13)14/h2-7,12H,8H2,1H3,(H,13,14)/b3-2+. The van der Waals surface area contributed by atoms with Crippen molar-refractivity contribution in [3.8, 4) is 0 Å². The van der Waals surface area contributed by atoms with Crippen LogP contribution in [0.4, 0.5) is 5.69 Å². The number of carbonyl (C=O) groups is 1. The van der Waals surface area contributed by atoms with Gasteiger partial charge in [0.1, 0.15) is 0 Å². The Bertz CT molecular complexity index is 345. The molecule has 0 aliphatic carbocycles. The van der Waals surface area contributed by atoms with Gasteiger partial charge in [0.15, 0.2) is 0 Å². The summed E-state index contributed by atoms with van der Waals surface area (Å²) in [6.45, 7) is 2.56. The third-order valence-electron chi connectivity index (χ3n) is 1.80. The Morgan fingerprint density at radius 2 is 2.21 bits per heavy atom. The van der Waals surface area contributed by atoms with Gasteiger partial charge in [0.25, 0.3) is 0 Å². The lowest BCUT2D eigenvalue weighted by Gasteiger charge is -2.06. The number of nitrogens with one attached hydrogen (secondary N) is 1. The van der Waals surface area contributed by atoms with E-state index in [1.165, 1.54) is 0 Å². The second-order valence-electron chi connectivity index (χ2n) is 2.80. The van der Waals surface area contributed by atoms with Gasteiger partial charge in [0, 0.05) is 12.2 Å². The predicted octanol–water partition coefficient (Wildman–Crippen LogP) is 2.37. The van der Waals surface area contributed by atoms with Crippen molar-refractivity contribution in [1.29, 1.82) is 0 Å². The quantitative estimate of drug-likeness (QED) is 0.718. The Morgan fingerprint density at radius 1 is 1.50 bits per heavy atom. The molecular weight excluding hydrogens is 178 g/mol. The molecule has 1 rings (SSSR count). The van der Waals surface area contributed by atoms with Gasteiger partial charge in [0.05, 0.1) is 5.56 Å². The summed E-state index contributed by atoms with van der Waals surface area (Å²) in [4.78, 5) is 10.8. The van der Waals surface area contributed by atoms with Crippen molar-refractivity contribution in [3.63, 3.8) is 0 Å². The highest BCUT2D eigenvalue weighted by atomic mass is 16.4. The van der Waals surface area contributed by atoms with Crippen LogP contribution < -0.4 is 5.32 Å². The number of para-hydroxylation sites is 1. The van der Waals surface area contributed by atoms with E-state index in [0.717, 1.165) is 0 Å². The molecule has 2 N–H and O–H groups in total.